The predicted octanol–water partition coefficient (Wildman–Crippen LogP) is 2.85. The molecule has 180 valence electrons. The van der Waals surface area contributed by atoms with Crippen LogP contribution in [0.5, 0.6) is 0 Å². The number of hydrogen-bond acceptors (Lipinski definition) is 8. The molecule has 3 aliphatic rings. The standard InChI is InChI=1S/C24H36O8/c1-13-8-7-10-24(6,31-16(4)26)19-9-11-23(5,32-19)18(27)12-17-14(2)22(28)30-21(17)20(13)29-15(3)25/h13,17-21,27H,2,7-12H2,1,3-6H3/t13-,17-,18+,19?,20+,21+,23?,24-/m0/s1. The number of aliphatic hydroxyl groups excluding tert-OH is 1. The largest absolute Gasteiger partial charge is 0.458 e. The number of aliphatic hydroxyl groups is 1. The summed E-state index contributed by atoms with van der Waals surface area (Å²) in [6, 6.07) is 0. The minimum Gasteiger partial charge on any atom is -0.458 e. The van der Waals surface area contributed by atoms with Crippen molar-refractivity contribution in [3.8, 4) is 0 Å². The van der Waals surface area contributed by atoms with Crippen molar-refractivity contribution in [3.05, 3.63) is 12.2 Å². The number of fused-ring (bicyclic) bond motifs is 3. The Balaban J connectivity index is 1.97. The van der Waals surface area contributed by atoms with Gasteiger partial charge in [0.25, 0.3) is 0 Å². The molecule has 1 N–H and O–H groups in total. The fourth-order valence-electron chi connectivity index (χ4n) is 5.47. The second-order valence-electron chi connectivity index (χ2n) is 10.1. The zero-order valence-electron chi connectivity index (χ0n) is 19.7. The van der Waals surface area contributed by atoms with E-state index in [9.17, 15) is 19.5 Å². The monoisotopic (exact) mass is 452 g/mol. The van der Waals surface area contributed by atoms with Gasteiger partial charge in [0.1, 0.15) is 17.8 Å². The lowest BCUT2D eigenvalue weighted by atomic mass is 9.79. The quantitative estimate of drug-likeness (QED) is 0.387. The molecule has 2 unspecified atom stereocenters. The Bertz CT molecular complexity index is 778. The first kappa shape index (κ1) is 24.7. The number of hydrogen-bond donors (Lipinski definition) is 1. The van der Waals surface area contributed by atoms with Crippen molar-refractivity contribution in [2.75, 3.05) is 0 Å². The fraction of sp³-hybridized carbons (Fsp3) is 0.792. The smallest absolute Gasteiger partial charge is 0.334 e. The summed E-state index contributed by atoms with van der Waals surface area (Å²) in [5.74, 6) is -1.99. The summed E-state index contributed by atoms with van der Waals surface area (Å²) < 4.78 is 23.3. The molecular formula is C24H36O8. The third kappa shape index (κ3) is 4.86. The highest BCUT2D eigenvalue weighted by Crippen LogP contribution is 2.45. The van der Waals surface area contributed by atoms with Crippen molar-refractivity contribution in [3.63, 3.8) is 0 Å². The molecule has 3 rings (SSSR count). The molecule has 3 fully saturated rings. The Morgan fingerprint density at radius 3 is 2.47 bits per heavy atom. The molecule has 8 heteroatoms. The van der Waals surface area contributed by atoms with Crippen molar-refractivity contribution in [1.82, 2.24) is 0 Å². The molecule has 3 aliphatic heterocycles. The first-order valence-electron chi connectivity index (χ1n) is 11.5. The van der Waals surface area contributed by atoms with Gasteiger partial charge < -0.3 is 24.1 Å². The molecule has 0 aromatic rings. The Kier molecular flexibility index (Phi) is 7.05. The highest BCUT2D eigenvalue weighted by Gasteiger charge is 2.53. The number of ether oxygens (including phenoxy) is 4. The Morgan fingerprint density at radius 1 is 1.16 bits per heavy atom. The topological polar surface area (TPSA) is 108 Å². The van der Waals surface area contributed by atoms with Gasteiger partial charge in [0.15, 0.2) is 0 Å². The van der Waals surface area contributed by atoms with E-state index in [1.807, 2.05) is 20.8 Å². The Labute approximate surface area is 189 Å². The normalized spacial score (nSPS) is 42.7. The van der Waals surface area contributed by atoms with Crippen LogP contribution in [0.2, 0.25) is 0 Å². The van der Waals surface area contributed by atoms with Gasteiger partial charge in [0, 0.05) is 25.3 Å². The zero-order valence-corrected chi connectivity index (χ0v) is 19.7. The molecule has 2 bridgehead atoms. The number of rotatable bonds is 2. The lowest BCUT2D eigenvalue weighted by Gasteiger charge is -2.38. The maximum Gasteiger partial charge on any atom is 0.334 e. The SMILES string of the molecule is C=C1C(=O)O[C@H]2[C@H](OC(C)=O)[C@@H](C)CCC[C@](C)(OC(C)=O)C3CCC(C)(O3)[C@H](O)C[C@@H]12. The molecule has 0 amide bonds. The second kappa shape index (κ2) is 9.14. The van der Waals surface area contributed by atoms with E-state index in [0.29, 0.717) is 32.1 Å². The predicted molar refractivity (Wildman–Crippen MR) is 114 cm³/mol. The fourth-order valence-corrected chi connectivity index (χ4v) is 5.47. The van der Waals surface area contributed by atoms with Crippen LogP contribution in [0.3, 0.4) is 0 Å². The van der Waals surface area contributed by atoms with E-state index in [2.05, 4.69) is 6.58 Å². The second-order valence-corrected chi connectivity index (χ2v) is 10.1. The van der Waals surface area contributed by atoms with E-state index in [4.69, 9.17) is 18.9 Å². The van der Waals surface area contributed by atoms with Gasteiger partial charge >= 0.3 is 17.9 Å². The van der Waals surface area contributed by atoms with Crippen molar-refractivity contribution in [1.29, 1.82) is 0 Å². The van der Waals surface area contributed by atoms with Gasteiger partial charge in [0.05, 0.1) is 17.8 Å². The molecule has 8 atom stereocenters. The molecule has 3 saturated heterocycles. The van der Waals surface area contributed by atoms with Crippen LogP contribution in [0.4, 0.5) is 0 Å². The van der Waals surface area contributed by atoms with Crippen LogP contribution in [-0.4, -0.2) is 58.6 Å². The van der Waals surface area contributed by atoms with Crippen LogP contribution in [0, 0.1) is 11.8 Å². The van der Waals surface area contributed by atoms with Crippen LogP contribution in [0.25, 0.3) is 0 Å². The molecular weight excluding hydrogens is 416 g/mol. The van der Waals surface area contributed by atoms with Crippen LogP contribution < -0.4 is 0 Å². The van der Waals surface area contributed by atoms with E-state index in [1.165, 1.54) is 13.8 Å². The summed E-state index contributed by atoms with van der Waals surface area (Å²) in [5.41, 5.74) is -1.43. The molecule has 0 aliphatic carbocycles. The lowest BCUT2D eigenvalue weighted by Crippen LogP contribution is -2.48. The van der Waals surface area contributed by atoms with E-state index >= 15 is 0 Å². The molecule has 0 aromatic carbocycles. The van der Waals surface area contributed by atoms with Crippen molar-refractivity contribution in [2.45, 2.75) is 109 Å². The first-order valence-corrected chi connectivity index (χ1v) is 11.5. The minimum absolute atomic E-state index is 0.127. The summed E-state index contributed by atoms with van der Waals surface area (Å²) in [6.07, 6.45) is 0.668. The van der Waals surface area contributed by atoms with E-state index in [0.717, 1.165) is 0 Å². The third-order valence-electron chi connectivity index (χ3n) is 7.42. The number of esters is 3. The molecule has 0 aromatic heterocycles. The maximum atomic E-state index is 12.4. The number of carbonyl (C=O) groups is 3. The van der Waals surface area contributed by atoms with Crippen molar-refractivity contribution >= 4 is 17.9 Å². The Hall–Kier alpha value is -1.93. The van der Waals surface area contributed by atoms with Gasteiger partial charge in [-0.25, -0.2) is 4.79 Å². The molecule has 0 saturated carbocycles. The minimum atomic E-state index is -0.915. The summed E-state index contributed by atoms with van der Waals surface area (Å²) in [6.45, 7) is 12.3. The van der Waals surface area contributed by atoms with Gasteiger partial charge in [0.2, 0.25) is 0 Å². The first-order chi connectivity index (χ1) is 14.9. The van der Waals surface area contributed by atoms with Crippen molar-refractivity contribution in [2.24, 2.45) is 11.8 Å². The van der Waals surface area contributed by atoms with Crippen LogP contribution in [0.15, 0.2) is 12.2 Å². The van der Waals surface area contributed by atoms with E-state index < -0.39 is 47.4 Å². The zero-order chi connectivity index (χ0) is 23.8. The van der Waals surface area contributed by atoms with Crippen molar-refractivity contribution < 1.29 is 38.4 Å². The Morgan fingerprint density at radius 2 is 1.84 bits per heavy atom. The van der Waals surface area contributed by atoms with Gasteiger partial charge in [-0.05, 0) is 58.3 Å². The molecule has 0 spiro atoms. The highest BCUT2D eigenvalue weighted by atomic mass is 16.6. The van der Waals surface area contributed by atoms with E-state index in [-0.39, 0.29) is 30.0 Å². The molecule has 0 radical (unpaired) electrons. The summed E-state index contributed by atoms with van der Waals surface area (Å²) in [5, 5.41) is 11.2. The van der Waals surface area contributed by atoms with Crippen LogP contribution in [0.1, 0.15) is 73.1 Å². The summed E-state index contributed by atoms with van der Waals surface area (Å²) in [4.78, 5) is 36.1. The average Bonchev–Trinajstić information content (AvgIpc) is 3.22. The van der Waals surface area contributed by atoms with Gasteiger partial charge in [-0.2, -0.15) is 0 Å². The van der Waals surface area contributed by atoms with Gasteiger partial charge in [-0.15, -0.1) is 0 Å². The highest BCUT2D eigenvalue weighted by molar-refractivity contribution is 5.91. The third-order valence-corrected chi connectivity index (χ3v) is 7.42. The number of carbonyl (C=O) groups excluding carboxylic acids is 3. The molecule has 8 nitrogen and oxygen atoms in total. The average molecular weight is 453 g/mol. The summed E-state index contributed by atoms with van der Waals surface area (Å²) >= 11 is 0. The molecule has 32 heavy (non-hydrogen) atoms. The maximum absolute atomic E-state index is 12.4. The summed E-state index contributed by atoms with van der Waals surface area (Å²) in [7, 11) is 0. The van der Waals surface area contributed by atoms with Crippen LogP contribution in [-0.2, 0) is 33.3 Å². The lowest BCUT2D eigenvalue weighted by molar-refractivity contribution is -0.191. The van der Waals surface area contributed by atoms with E-state index in [1.54, 1.807) is 0 Å². The van der Waals surface area contributed by atoms with Gasteiger partial charge in [-0.1, -0.05) is 13.5 Å². The van der Waals surface area contributed by atoms with Gasteiger partial charge in [-0.3, -0.25) is 9.59 Å². The van der Waals surface area contributed by atoms with Crippen LogP contribution >= 0.6 is 0 Å². The molecule has 3 heterocycles.